The molecule has 2 rings (SSSR count). The molecule has 2 unspecified atom stereocenters. The molecular formula is C22H39IN4O2. The second-order valence-electron chi connectivity index (χ2n) is 7.53. The molecule has 2 N–H and O–H groups in total. The maximum Gasteiger partial charge on any atom is 0.191 e. The van der Waals surface area contributed by atoms with E-state index in [1.54, 1.807) is 0 Å². The molecule has 6 nitrogen and oxygen atoms in total. The molecule has 0 aromatic heterocycles. The summed E-state index contributed by atoms with van der Waals surface area (Å²) in [7, 11) is 4.30. The lowest BCUT2D eigenvalue weighted by atomic mass is 10.1. The topological polar surface area (TPSA) is 58.1 Å². The summed E-state index contributed by atoms with van der Waals surface area (Å²) in [6.07, 6.45) is 2.65. The predicted octanol–water partition coefficient (Wildman–Crippen LogP) is 4.06. The van der Waals surface area contributed by atoms with Crippen LogP contribution in [0, 0.1) is 5.92 Å². The van der Waals surface area contributed by atoms with Crippen LogP contribution in [0.15, 0.2) is 23.2 Å². The fraction of sp³-hybridized carbons (Fsp3) is 0.682. The van der Waals surface area contributed by atoms with Gasteiger partial charge >= 0.3 is 0 Å². The summed E-state index contributed by atoms with van der Waals surface area (Å²) in [6.45, 7) is 11.1. The quantitative estimate of drug-likeness (QED) is 0.263. The molecule has 1 aromatic carbocycles. The Kier molecular flexibility index (Phi) is 11.7. The molecule has 0 amide bonds. The standard InChI is InChI=1S/C22H38N4O2.HI/c1-7-23-22(24-15-19(26(5)6)17-10-11-17)25-16(4)18-12-13-20(27-8-2)21(14-18)28-9-3;/h12-14,16-17,19H,7-11,15H2,1-6H3,(H2,23,24,25);1H. The molecule has 1 aliphatic carbocycles. The third-order valence-electron chi connectivity index (χ3n) is 5.03. The third kappa shape index (κ3) is 8.20. The fourth-order valence-corrected chi connectivity index (χ4v) is 3.35. The van der Waals surface area contributed by atoms with E-state index in [1.165, 1.54) is 12.8 Å². The van der Waals surface area contributed by atoms with Gasteiger partial charge in [-0.25, -0.2) is 0 Å². The van der Waals surface area contributed by atoms with Crippen LogP contribution < -0.4 is 20.1 Å². The van der Waals surface area contributed by atoms with Crippen LogP contribution in [0.4, 0.5) is 0 Å². The first kappa shape index (κ1) is 25.8. The van der Waals surface area contributed by atoms with Crippen molar-refractivity contribution in [2.75, 3.05) is 40.4 Å². The average molecular weight is 518 g/mol. The monoisotopic (exact) mass is 518 g/mol. The second-order valence-corrected chi connectivity index (χ2v) is 7.53. The van der Waals surface area contributed by atoms with Crippen LogP contribution in [0.25, 0.3) is 0 Å². The van der Waals surface area contributed by atoms with E-state index in [1.807, 2.05) is 19.9 Å². The molecule has 7 heteroatoms. The van der Waals surface area contributed by atoms with Crippen molar-refractivity contribution in [3.8, 4) is 11.5 Å². The zero-order chi connectivity index (χ0) is 20.5. The Morgan fingerprint density at radius 3 is 2.34 bits per heavy atom. The number of hydrogen-bond acceptors (Lipinski definition) is 4. The first-order valence-corrected chi connectivity index (χ1v) is 10.6. The minimum atomic E-state index is 0. The van der Waals surface area contributed by atoms with Crippen molar-refractivity contribution in [1.29, 1.82) is 0 Å². The molecule has 166 valence electrons. The van der Waals surface area contributed by atoms with Gasteiger partial charge in [0.15, 0.2) is 17.5 Å². The molecule has 0 saturated heterocycles. The van der Waals surface area contributed by atoms with Crippen molar-refractivity contribution >= 4 is 29.9 Å². The van der Waals surface area contributed by atoms with Gasteiger partial charge in [-0.05, 0) is 78.2 Å². The molecule has 0 spiro atoms. The third-order valence-corrected chi connectivity index (χ3v) is 5.03. The van der Waals surface area contributed by atoms with Gasteiger partial charge in [0.25, 0.3) is 0 Å². The first-order valence-electron chi connectivity index (χ1n) is 10.6. The molecule has 1 saturated carbocycles. The van der Waals surface area contributed by atoms with Gasteiger partial charge in [-0.15, -0.1) is 24.0 Å². The summed E-state index contributed by atoms with van der Waals surface area (Å²) in [5.74, 6) is 3.23. The van der Waals surface area contributed by atoms with E-state index >= 15 is 0 Å². The van der Waals surface area contributed by atoms with Crippen molar-refractivity contribution < 1.29 is 9.47 Å². The van der Waals surface area contributed by atoms with Crippen LogP contribution in [0.5, 0.6) is 11.5 Å². The number of halogens is 1. The summed E-state index contributed by atoms with van der Waals surface area (Å²) in [4.78, 5) is 7.16. The van der Waals surface area contributed by atoms with E-state index in [9.17, 15) is 0 Å². The van der Waals surface area contributed by atoms with Gasteiger partial charge in [0.1, 0.15) is 0 Å². The maximum absolute atomic E-state index is 5.77. The van der Waals surface area contributed by atoms with Crippen molar-refractivity contribution in [3.05, 3.63) is 23.8 Å². The van der Waals surface area contributed by atoms with Gasteiger partial charge in [0.2, 0.25) is 0 Å². The van der Waals surface area contributed by atoms with Crippen LogP contribution in [0.1, 0.15) is 52.1 Å². The van der Waals surface area contributed by atoms with E-state index in [-0.39, 0.29) is 30.0 Å². The van der Waals surface area contributed by atoms with E-state index in [0.29, 0.717) is 19.3 Å². The maximum atomic E-state index is 5.77. The number of guanidine groups is 1. The highest BCUT2D eigenvalue weighted by Crippen LogP contribution is 2.34. The van der Waals surface area contributed by atoms with Gasteiger partial charge < -0.3 is 25.0 Å². The summed E-state index contributed by atoms with van der Waals surface area (Å²) in [5.41, 5.74) is 1.14. The Bertz CT molecular complexity index is 633. The lowest BCUT2D eigenvalue weighted by molar-refractivity contribution is 0.271. The number of ether oxygens (including phenoxy) is 2. The number of aliphatic imine (C=N–C) groups is 1. The van der Waals surface area contributed by atoms with Crippen molar-refractivity contribution in [2.24, 2.45) is 10.9 Å². The zero-order valence-electron chi connectivity index (χ0n) is 18.8. The smallest absolute Gasteiger partial charge is 0.191 e. The molecule has 1 aromatic rings. The highest BCUT2D eigenvalue weighted by molar-refractivity contribution is 14.0. The van der Waals surface area contributed by atoms with Crippen LogP contribution in [0.3, 0.4) is 0 Å². The van der Waals surface area contributed by atoms with Crippen LogP contribution in [0.2, 0.25) is 0 Å². The predicted molar refractivity (Wildman–Crippen MR) is 132 cm³/mol. The number of nitrogens with zero attached hydrogens (tertiary/aromatic N) is 2. The molecule has 0 heterocycles. The normalized spacial score (nSPS) is 16.0. The Hall–Kier alpha value is -1.22. The molecule has 1 aliphatic rings. The van der Waals surface area contributed by atoms with Gasteiger partial charge in [0, 0.05) is 12.6 Å². The SMILES string of the molecule is CCNC(=NCC(C1CC1)N(C)C)NC(C)c1ccc(OCC)c(OCC)c1.I. The highest BCUT2D eigenvalue weighted by Gasteiger charge is 2.32. The summed E-state index contributed by atoms with van der Waals surface area (Å²) >= 11 is 0. The molecular weight excluding hydrogens is 479 g/mol. The molecule has 2 atom stereocenters. The summed E-state index contributed by atoms with van der Waals surface area (Å²) < 4.78 is 11.4. The Balaban J connectivity index is 0.00000420. The average Bonchev–Trinajstić information content (AvgIpc) is 3.48. The molecule has 0 radical (unpaired) electrons. The summed E-state index contributed by atoms with van der Waals surface area (Å²) in [5, 5.41) is 6.91. The van der Waals surface area contributed by atoms with E-state index in [2.05, 4.69) is 55.6 Å². The van der Waals surface area contributed by atoms with Crippen LogP contribution in [-0.4, -0.2) is 57.3 Å². The van der Waals surface area contributed by atoms with E-state index in [0.717, 1.165) is 42.0 Å². The number of hydrogen-bond donors (Lipinski definition) is 2. The van der Waals surface area contributed by atoms with Crippen molar-refractivity contribution in [2.45, 2.75) is 52.6 Å². The number of nitrogens with one attached hydrogen (secondary N) is 2. The van der Waals surface area contributed by atoms with Gasteiger partial charge in [0.05, 0.1) is 25.8 Å². The Morgan fingerprint density at radius 1 is 1.14 bits per heavy atom. The first-order chi connectivity index (χ1) is 13.5. The number of likely N-dealkylation sites (N-methyl/N-ethyl adjacent to an activating group) is 1. The fourth-order valence-electron chi connectivity index (χ4n) is 3.35. The zero-order valence-corrected chi connectivity index (χ0v) is 21.2. The molecule has 29 heavy (non-hydrogen) atoms. The second kappa shape index (κ2) is 13.2. The largest absolute Gasteiger partial charge is 0.490 e. The molecule has 1 fully saturated rings. The van der Waals surface area contributed by atoms with Crippen LogP contribution in [-0.2, 0) is 0 Å². The molecule has 0 bridgehead atoms. The highest BCUT2D eigenvalue weighted by atomic mass is 127. The number of rotatable bonds is 11. The van der Waals surface area contributed by atoms with Gasteiger partial charge in [-0.3, -0.25) is 4.99 Å². The van der Waals surface area contributed by atoms with E-state index < -0.39 is 0 Å². The number of benzene rings is 1. The van der Waals surface area contributed by atoms with Gasteiger partial charge in [-0.1, -0.05) is 6.07 Å². The van der Waals surface area contributed by atoms with Crippen molar-refractivity contribution in [1.82, 2.24) is 15.5 Å². The van der Waals surface area contributed by atoms with E-state index in [4.69, 9.17) is 14.5 Å². The molecule has 0 aliphatic heterocycles. The van der Waals surface area contributed by atoms with Crippen molar-refractivity contribution in [3.63, 3.8) is 0 Å². The lowest BCUT2D eigenvalue weighted by Gasteiger charge is -2.24. The lowest BCUT2D eigenvalue weighted by Crippen LogP contribution is -2.40. The Morgan fingerprint density at radius 2 is 1.79 bits per heavy atom. The minimum absolute atomic E-state index is 0. The summed E-state index contributed by atoms with van der Waals surface area (Å²) in [6, 6.07) is 6.75. The minimum Gasteiger partial charge on any atom is -0.490 e. The van der Waals surface area contributed by atoms with Gasteiger partial charge in [-0.2, -0.15) is 0 Å². The Labute approximate surface area is 193 Å². The van der Waals surface area contributed by atoms with Crippen LogP contribution >= 0.6 is 24.0 Å².